The van der Waals surface area contributed by atoms with E-state index in [1.165, 1.54) is 18.6 Å². The predicted molar refractivity (Wildman–Crippen MR) is 39.3 cm³/mol. The Bertz CT molecular complexity index is 437. The molecule has 0 unspecified atom stereocenters. The van der Waals surface area contributed by atoms with Crippen molar-refractivity contribution in [1.29, 1.82) is 0 Å². The third-order valence-electron chi connectivity index (χ3n) is 1.58. The Morgan fingerprint density at radius 3 is 3.00 bits per heavy atom. The first-order valence-electron chi connectivity index (χ1n) is 3.27. The number of hydrogen-bond acceptors (Lipinski definition) is 4. The van der Waals surface area contributed by atoms with Crippen LogP contribution in [0.25, 0.3) is 11.3 Å². The van der Waals surface area contributed by atoms with Gasteiger partial charge < -0.3 is 8.83 Å². The second-order valence-electron chi connectivity index (χ2n) is 2.26. The molecule has 12 heavy (non-hydrogen) atoms. The van der Waals surface area contributed by atoms with E-state index in [1.807, 2.05) is 0 Å². The van der Waals surface area contributed by atoms with Crippen LogP contribution in [0.4, 0.5) is 0 Å². The lowest BCUT2D eigenvalue weighted by atomic mass is 10.1. The highest BCUT2D eigenvalue weighted by atomic mass is 16.4. The van der Waals surface area contributed by atoms with E-state index in [1.54, 1.807) is 0 Å². The SMILES string of the molecule is O=Cc1c2ccocc-2oc1=O. The zero-order chi connectivity index (χ0) is 8.55. The van der Waals surface area contributed by atoms with Crippen LogP contribution in [0.1, 0.15) is 10.4 Å². The smallest absolute Gasteiger partial charge is 0.347 e. The average Bonchev–Trinajstić information content (AvgIpc) is 2.40. The van der Waals surface area contributed by atoms with Crippen LogP contribution in [-0.2, 0) is 0 Å². The lowest BCUT2D eigenvalue weighted by Crippen LogP contribution is -1.98. The maximum Gasteiger partial charge on any atom is 0.347 e. The van der Waals surface area contributed by atoms with Gasteiger partial charge in [-0.05, 0) is 6.07 Å². The van der Waals surface area contributed by atoms with E-state index in [2.05, 4.69) is 0 Å². The van der Waals surface area contributed by atoms with Crippen molar-refractivity contribution in [2.75, 3.05) is 0 Å². The van der Waals surface area contributed by atoms with E-state index in [9.17, 15) is 9.59 Å². The molecule has 0 saturated heterocycles. The zero-order valence-corrected chi connectivity index (χ0v) is 5.94. The monoisotopic (exact) mass is 164 g/mol. The van der Waals surface area contributed by atoms with Crippen molar-refractivity contribution >= 4 is 6.29 Å². The molecule has 2 heterocycles. The summed E-state index contributed by atoms with van der Waals surface area (Å²) < 4.78 is 9.46. The molecule has 0 aromatic carbocycles. The van der Waals surface area contributed by atoms with Gasteiger partial charge in [-0.2, -0.15) is 0 Å². The van der Waals surface area contributed by atoms with Gasteiger partial charge in [0.1, 0.15) is 11.8 Å². The van der Waals surface area contributed by atoms with E-state index >= 15 is 0 Å². The Balaban J connectivity index is 2.88. The number of hydrogen-bond donors (Lipinski definition) is 0. The molecular weight excluding hydrogens is 160 g/mol. The summed E-state index contributed by atoms with van der Waals surface area (Å²) in [6.07, 6.45) is 3.14. The molecule has 4 nitrogen and oxygen atoms in total. The summed E-state index contributed by atoms with van der Waals surface area (Å²) in [6, 6.07) is 1.52. The van der Waals surface area contributed by atoms with Crippen molar-refractivity contribution in [3.8, 4) is 11.3 Å². The lowest BCUT2D eigenvalue weighted by molar-refractivity contribution is 0.112. The van der Waals surface area contributed by atoms with Crippen molar-refractivity contribution in [3.05, 3.63) is 34.6 Å². The fraction of sp³-hybridized carbons (Fsp3) is 0. The molecule has 2 aliphatic heterocycles. The van der Waals surface area contributed by atoms with E-state index in [0.29, 0.717) is 17.6 Å². The standard InChI is InChI=1S/C8H4O4/c9-3-6-5-1-2-11-4-7(5)12-8(6)10/h1-4H. The van der Waals surface area contributed by atoms with Crippen molar-refractivity contribution in [3.63, 3.8) is 0 Å². The van der Waals surface area contributed by atoms with E-state index < -0.39 is 5.63 Å². The summed E-state index contributed by atoms with van der Waals surface area (Å²) >= 11 is 0. The largest absolute Gasteiger partial charge is 0.469 e. The molecule has 2 aliphatic rings. The number of furan rings is 1. The average molecular weight is 164 g/mol. The molecule has 0 aliphatic carbocycles. The molecule has 0 atom stereocenters. The molecule has 0 radical (unpaired) electrons. The maximum absolute atomic E-state index is 10.9. The van der Waals surface area contributed by atoms with Crippen molar-refractivity contribution in [2.24, 2.45) is 0 Å². The summed E-state index contributed by atoms with van der Waals surface area (Å²) in [4.78, 5) is 21.3. The quantitative estimate of drug-likeness (QED) is 0.593. The summed E-state index contributed by atoms with van der Waals surface area (Å²) in [7, 11) is 0. The van der Waals surface area contributed by atoms with E-state index in [4.69, 9.17) is 8.83 Å². The topological polar surface area (TPSA) is 60.4 Å². The lowest BCUT2D eigenvalue weighted by Gasteiger charge is -1.90. The van der Waals surface area contributed by atoms with Crippen LogP contribution in [0.15, 0.2) is 32.2 Å². The predicted octanol–water partition coefficient (Wildman–Crippen LogP) is 1.15. The first-order valence-corrected chi connectivity index (χ1v) is 3.27. The minimum atomic E-state index is -0.624. The Kier molecular flexibility index (Phi) is 1.33. The number of carbonyl (C=O) groups excluding carboxylic acids is 1. The highest BCUT2D eigenvalue weighted by Gasteiger charge is 2.16. The summed E-state index contributed by atoms with van der Waals surface area (Å²) in [5, 5.41) is 0. The molecule has 0 aromatic heterocycles. The first kappa shape index (κ1) is 6.84. The minimum absolute atomic E-state index is 0.0424. The van der Waals surface area contributed by atoms with Crippen LogP contribution >= 0.6 is 0 Å². The van der Waals surface area contributed by atoms with E-state index in [-0.39, 0.29) is 5.56 Å². The fourth-order valence-electron chi connectivity index (χ4n) is 1.03. The molecule has 0 saturated carbocycles. The molecule has 0 N–H and O–H groups in total. The van der Waals surface area contributed by atoms with Crippen molar-refractivity contribution in [1.82, 2.24) is 0 Å². The van der Waals surface area contributed by atoms with Gasteiger partial charge in [0.05, 0.1) is 6.26 Å². The normalized spacial score (nSPS) is 10.3. The van der Waals surface area contributed by atoms with Crippen LogP contribution < -0.4 is 5.63 Å². The van der Waals surface area contributed by atoms with Crippen molar-refractivity contribution < 1.29 is 13.6 Å². The second-order valence-corrected chi connectivity index (χ2v) is 2.26. The molecular formula is C8H4O4. The molecule has 0 fully saturated rings. The molecule has 4 heteroatoms. The Morgan fingerprint density at radius 1 is 1.42 bits per heavy atom. The molecule has 0 spiro atoms. The van der Waals surface area contributed by atoms with Crippen LogP contribution in [0.2, 0.25) is 0 Å². The number of carbonyl (C=O) groups is 1. The Labute approximate surface area is 66.8 Å². The molecule has 0 amide bonds. The molecule has 60 valence electrons. The van der Waals surface area contributed by atoms with Crippen LogP contribution in [0.5, 0.6) is 0 Å². The van der Waals surface area contributed by atoms with Crippen molar-refractivity contribution in [2.45, 2.75) is 0 Å². The van der Waals surface area contributed by atoms with Crippen LogP contribution in [0, 0.1) is 0 Å². The van der Waals surface area contributed by atoms with Gasteiger partial charge >= 0.3 is 5.63 Å². The van der Waals surface area contributed by atoms with Gasteiger partial charge in [-0.1, -0.05) is 0 Å². The Morgan fingerprint density at radius 2 is 2.25 bits per heavy atom. The van der Waals surface area contributed by atoms with Gasteiger partial charge in [-0.25, -0.2) is 4.79 Å². The zero-order valence-electron chi connectivity index (χ0n) is 5.94. The van der Waals surface area contributed by atoms with Gasteiger partial charge in [0.15, 0.2) is 12.0 Å². The van der Waals surface area contributed by atoms with Gasteiger partial charge in [0.25, 0.3) is 0 Å². The highest BCUT2D eigenvalue weighted by Crippen LogP contribution is 2.22. The van der Waals surface area contributed by atoms with Gasteiger partial charge in [0.2, 0.25) is 0 Å². The minimum Gasteiger partial charge on any atom is -0.469 e. The summed E-state index contributed by atoms with van der Waals surface area (Å²) in [6.45, 7) is 0. The maximum atomic E-state index is 10.9. The second kappa shape index (κ2) is 2.34. The number of fused-ring (bicyclic) bond motifs is 1. The highest BCUT2D eigenvalue weighted by molar-refractivity contribution is 5.85. The van der Waals surface area contributed by atoms with Gasteiger partial charge in [-0.15, -0.1) is 0 Å². The molecule has 2 rings (SSSR count). The van der Waals surface area contributed by atoms with E-state index in [0.717, 1.165) is 0 Å². The summed E-state index contributed by atoms with van der Waals surface area (Å²) in [5.41, 5.74) is -0.0940. The number of rotatable bonds is 1. The molecule has 0 aromatic rings. The van der Waals surface area contributed by atoms with Gasteiger partial charge in [-0.3, -0.25) is 4.79 Å². The molecule has 0 bridgehead atoms. The number of aldehydes is 1. The third-order valence-corrected chi connectivity index (χ3v) is 1.58. The first-order chi connectivity index (χ1) is 5.83. The van der Waals surface area contributed by atoms with Gasteiger partial charge in [0, 0.05) is 5.56 Å². The fourth-order valence-corrected chi connectivity index (χ4v) is 1.03. The third kappa shape index (κ3) is 0.780. The van der Waals surface area contributed by atoms with Crippen LogP contribution in [-0.4, -0.2) is 6.29 Å². The van der Waals surface area contributed by atoms with Crippen LogP contribution in [0.3, 0.4) is 0 Å². The summed E-state index contributed by atoms with van der Waals surface area (Å²) in [5.74, 6) is 0.296. The Hall–Kier alpha value is -1.84.